The van der Waals surface area contributed by atoms with Gasteiger partial charge in [0.05, 0.1) is 17.2 Å². The lowest BCUT2D eigenvalue weighted by Gasteiger charge is -2.06. The lowest BCUT2D eigenvalue weighted by Crippen LogP contribution is -2.23. The highest BCUT2D eigenvalue weighted by molar-refractivity contribution is 6.30. The van der Waals surface area contributed by atoms with Crippen LogP contribution >= 0.6 is 11.6 Å². The van der Waals surface area contributed by atoms with E-state index in [1.54, 1.807) is 12.1 Å². The lowest BCUT2D eigenvalue weighted by atomic mass is 10.0. The minimum atomic E-state index is -0.583. The number of nitrogens with zero attached hydrogens (tertiary/aromatic N) is 3. The Morgan fingerprint density at radius 3 is 2.81 bits per heavy atom. The molecule has 0 amide bonds. The van der Waals surface area contributed by atoms with Crippen molar-refractivity contribution in [3.05, 3.63) is 79.2 Å². The summed E-state index contributed by atoms with van der Waals surface area (Å²) in [6.45, 7) is 0. The van der Waals surface area contributed by atoms with Crippen molar-refractivity contribution in [2.45, 2.75) is 18.3 Å². The van der Waals surface area contributed by atoms with Crippen molar-refractivity contribution in [3.63, 3.8) is 0 Å². The highest BCUT2D eigenvalue weighted by Gasteiger charge is 2.41. The fourth-order valence-corrected chi connectivity index (χ4v) is 3.36. The van der Waals surface area contributed by atoms with Gasteiger partial charge in [-0.25, -0.2) is 4.79 Å². The SMILES string of the molecule is N#Cc1cccc(C2CC2c2cc(-c3c[nH]c(=O)[nH]c3=O)nnc2Cl)c1. The van der Waals surface area contributed by atoms with Gasteiger partial charge in [-0.15, -0.1) is 10.2 Å². The number of halogens is 1. The zero-order valence-corrected chi connectivity index (χ0v) is 14.1. The normalized spacial score (nSPS) is 18.3. The summed E-state index contributed by atoms with van der Waals surface area (Å²) in [6, 6.07) is 11.4. The van der Waals surface area contributed by atoms with E-state index in [2.05, 4.69) is 26.2 Å². The van der Waals surface area contributed by atoms with Crippen LogP contribution < -0.4 is 11.2 Å². The summed E-state index contributed by atoms with van der Waals surface area (Å²) in [4.78, 5) is 27.7. The third kappa shape index (κ3) is 2.91. The fraction of sp³-hybridized carbons (Fsp3) is 0.167. The summed E-state index contributed by atoms with van der Waals surface area (Å²) >= 11 is 6.23. The number of aromatic amines is 2. The zero-order valence-electron chi connectivity index (χ0n) is 13.4. The van der Waals surface area contributed by atoms with E-state index in [0.29, 0.717) is 16.4 Å². The second-order valence-corrected chi connectivity index (χ2v) is 6.51. The molecule has 1 saturated carbocycles. The first kappa shape index (κ1) is 16.2. The molecule has 0 radical (unpaired) electrons. The second kappa shape index (κ2) is 6.24. The van der Waals surface area contributed by atoms with E-state index in [-0.39, 0.29) is 17.4 Å². The van der Waals surface area contributed by atoms with Crippen LogP contribution in [-0.2, 0) is 0 Å². The fourth-order valence-electron chi connectivity index (χ4n) is 3.13. The maximum atomic E-state index is 12.0. The van der Waals surface area contributed by atoms with Crippen LogP contribution in [0.1, 0.15) is 34.9 Å². The smallest absolute Gasteiger partial charge is 0.313 e. The third-order valence-electron chi connectivity index (χ3n) is 4.50. The summed E-state index contributed by atoms with van der Waals surface area (Å²) in [5, 5.41) is 17.3. The monoisotopic (exact) mass is 365 g/mol. The van der Waals surface area contributed by atoms with Crippen LogP contribution in [0.15, 0.2) is 46.1 Å². The Kier molecular flexibility index (Phi) is 3.90. The Balaban J connectivity index is 1.69. The van der Waals surface area contributed by atoms with Crippen molar-refractivity contribution in [1.82, 2.24) is 20.2 Å². The summed E-state index contributed by atoms with van der Waals surface area (Å²) in [6.07, 6.45) is 2.19. The van der Waals surface area contributed by atoms with E-state index in [1.807, 2.05) is 18.2 Å². The largest absolute Gasteiger partial charge is 0.325 e. The Morgan fingerprint density at radius 2 is 2.04 bits per heavy atom. The van der Waals surface area contributed by atoms with Crippen LogP contribution in [-0.4, -0.2) is 20.2 Å². The Bertz CT molecular complexity index is 1160. The molecule has 2 N–H and O–H groups in total. The summed E-state index contributed by atoms with van der Waals surface area (Å²) in [5.41, 5.74) is 1.94. The van der Waals surface area contributed by atoms with Crippen LogP contribution in [0.2, 0.25) is 5.15 Å². The van der Waals surface area contributed by atoms with Gasteiger partial charge < -0.3 is 4.98 Å². The quantitative estimate of drug-likeness (QED) is 0.739. The molecule has 3 aromatic rings. The van der Waals surface area contributed by atoms with Gasteiger partial charge in [0.2, 0.25) is 0 Å². The molecule has 128 valence electrons. The molecule has 26 heavy (non-hydrogen) atoms. The van der Waals surface area contributed by atoms with Crippen LogP contribution in [0.5, 0.6) is 0 Å². The molecule has 1 fully saturated rings. The first-order chi connectivity index (χ1) is 12.6. The van der Waals surface area contributed by atoms with E-state index < -0.39 is 11.2 Å². The molecular weight excluding hydrogens is 354 g/mol. The predicted octanol–water partition coefficient (Wildman–Crippen LogP) is 2.32. The van der Waals surface area contributed by atoms with E-state index in [1.165, 1.54) is 6.20 Å². The van der Waals surface area contributed by atoms with Gasteiger partial charge in [0.25, 0.3) is 5.56 Å². The highest BCUT2D eigenvalue weighted by atomic mass is 35.5. The molecule has 2 aromatic heterocycles. The molecule has 0 bridgehead atoms. The van der Waals surface area contributed by atoms with E-state index in [0.717, 1.165) is 17.5 Å². The molecule has 1 aliphatic carbocycles. The molecule has 0 saturated heterocycles. The maximum Gasteiger partial charge on any atom is 0.325 e. The van der Waals surface area contributed by atoms with Gasteiger partial charge in [0, 0.05) is 6.20 Å². The first-order valence-electron chi connectivity index (χ1n) is 7.92. The van der Waals surface area contributed by atoms with Crippen LogP contribution in [0, 0.1) is 11.3 Å². The van der Waals surface area contributed by atoms with Crippen molar-refractivity contribution in [2.75, 3.05) is 0 Å². The minimum Gasteiger partial charge on any atom is -0.313 e. The van der Waals surface area contributed by atoms with Crippen molar-refractivity contribution in [1.29, 1.82) is 5.26 Å². The first-order valence-corrected chi connectivity index (χ1v) is 8.30. The van der Waals surface area contributed by atoms with E-state index in [9.17, 15) is 9.59 Å². The summed E-state index contributed by atoms with van der Waals surface area (Å²) in [7, 11) is 0. The minimum absolute atomic E-state index is 0.146. The number of aromatic nitrogens is 4. The number of H-pyrrole nitrogens is 2. The average Bonchev–Trinajstić information content (AvgIpc) is 3.43. The van der Waals surface area contributed by atoms with Gasteiger partial charge in [0.1, 0.15) is 5.69 Å². The summed E-state index contributed by atoms with van der Waals surface area (Å²) in [5.74, 6) is 0.388. The maximum absolute atomic E-state index is 12.0. The molecule has 2 atom stereocenters. The molecule has 2 heterocycles. The standard InChI is InChI=1S/C18H12ClN5O2/c19-16-13(12-5-11(12)10-3-1-2-9(4-10)7-20)6-15(23-24-16)14-8-21-18(26)22-17(14)25/h1-4,6,8,11-12H,5H2,(H2,21,22,25,26). The Hall–Kier alpha value is -3.24. The third-order valence-corrected chi connectivity index (χ3v) is 4.80. The van der Waals surface area contributed by atoms with Gasteiger partial charge in [-0.1, -0.05) is 23.7 Å². The van der Waals surface area contributed by atoms with Crippen molar-refractivity contribution < 1.29 is 0 Å². The van der Waals surface area contributed by atoms with Crippen LogP contribution in [0.25, 0.3) is 11.3 Å². The zero-order chi connectivity index (χ0) is 18.3. The number of nitrogens with one attached hydrogen (secondary N) is 2. The van der Waals surface area contributed by atoms with Crippen molar-refractivity contribution >= 4 is 11.6 Å². The van der Waals surface area contributed by atoms with Gasteiger partial charge in [0.15, 0.2) is 5.15 Å². The lowest BCUT2D eigenvalue weighted by molar-refractivity contribution is 0.951. The molecule has 0 aliphatic heterocycles. The van der Waals surface area contributed by atoms with Crippen LogP contribution in [0.4, 0.5) is 0 Å². The summed E-state index contributed by atoms with van der Waals surface area (Å²) < 4.78 is 0. The van der Waals surface area contributed by atoms with Gasteiger partial charge >= 0.3 is 5.69 Å². The average molecular weight is 366 g/mol. The van der Waals surface area contributed by atoms with E-state index in [4.69, 9.17) is 16.9 Å². The number of hydrogen-bond acceptors (Lipinski definition) is 5. The molecule has 1 aromatic carbocycles. The second-order valence-electron chi connectivity index (χ2n) is 6.15. The van der Waals surface area contributed by atoms with Crippen molar-refractivity contribution in [3.8, 4) is 17.3 Å². The molecule has 4 rings (SSSR count). The van der Waals surface area contributed by atoms with Gasteiger partial charge in [-0.3, -0.25) is 9.78 Å². The topological polar surface area (TPSA) is 115 Å². The molecule has 8 heteroatoms. The molecule has 1 aliphatic rings. The Morgan fingerprint density at radius 1 is 1.19 bits per heavy atom. The number of rotatable bonds is 3. The highest BCUT2D eigenvalue weighted by Crippen LogP contribution is 2.56. The number of benzene rings is 1. The van der Waals surface area contributed by atoms with Crippen molar-refractivity contribution in [2.24, 2.45) is 0 Å². The number of hydrogen-bond donors (Lipinski definition) is 2. The predicted molar refractivity (Wildman–Crippen MR) is 95.0 cm³/mol. The molecular formula is C18H12ClN5O2. The van der Waals surface area contributed by atoms with Gasteiger partial charge in [-0.2, -0.15) is 5.26 Å². The van der Waals surface area contributed by atoms with Crippen LogP contribution in [0.3, 0.4) is 0 Å². The molecule has 7 nitrogen and oxygen atoms in total. The van der Waals surface area contributed by atoms with Gasteiger partial charge in [-0.05, 0) is 47.6 Å². The van der Waals surface area contributed by atoms with E-state index >= 15 is 0 Å². The molecule has 0 spiro atoms. The Labute approximate surface area is 152 Å². The molecule has 2 unspecified atom stereocenters. The number of nitriles is 1.